The van der Waals surface area contributed by atoms with Gasteiger partial charge in [0.1, 0.15) is 0 Å². The lowest BCUT2D eigenvalue weighted by Crippen LogP contribution is -2.43. The maximum Gasteiger partial charge on any atom is 0.304 e. The van der Waals surface area contributed by atoms with Crippen LogP contribution in [0.3, 0.4) is 0 Å². The molecule has 2 aromatic heterocycles. The lowest BCUT2D eigenvalue weighted by molar-refractivity contribution is -0.138. The summed E-state index contributed by atoms with van der Waals surface area (Å²) in [7, 11) is 0. The van der Waals surface area contributed by atoms with Crippen LogP contribution in [0.1, 0.15) is 12.1 Å². The number of aromatic nitrogens is 1. The zero-order chi connectivity index (χ0) is 14.7. The molecule has 0 radical (unpaired) electrons. The highest BCUT2D eigenvalue weighted by atomic mass is 32.2. The molecule has 2 aromatic rings. The Morgan fingerprint density at radius 2 is 2.43 bits per heavy atom. The van der Waals surface area contributed by atoms with E-state index in [0.29, 0.717) is 18.1 Å². The first-order chi connectivity index (χ1) is 10.2. The molecule has 1 fully saturated rings. The molecule has 0 aliphatic carbocycles. The fraction of sp³-hybridized carbons (Fsp3) is 0.429. The Kier molecular flexibility index (Phi) is 4.31. The minimum atomic E-state index is -0.760. The van der Waals surface area contributed by atoms with Crippen LogP contribution in [0.4, 0.5) is 0 Å². The number of carboxylic acid groups (broad SMARTS) is 1. The van der Waals surface area contributed by atoms with Crippen LogP contribution in [0.5, 0.6) is 0 Å². The Labute approximate surface area is 126 Å². The molecule has 1 N–H and O–H groups in total. The van der Waals surface area contributed by atoms with E-state index < -0.39 is 5.97 Å². The molecule has 1 unspecified atom stereocenters. The molecule has 0 bridgehead atoms. The number of carbonyl (C=O) groups is 1. The fourth-order valence-corrected chi connectivity index (χ4v) is 3.55. The summed E-state index contributed by atoms with van der Waals surface area (Å²) < 4.78 is 10.5. The standard InChI is InChI=1S/C14H16N2O4S/c17-14(18)7-11-9-21-5-3-16(11)8-10-6-13(20-15-10)12-2-1-4-19-12/h1-2,4,6,11H,3,5,7-9H2,(H,17,18). The summed E-state index contributed by atoms with van der Waals surface area (Å²) in [6, 6.07) is 5.50. The Balaban J connectivity index is 1.68. The molecular formula is C14H16N2O4S. The van der Waals surface area contributed by atoms with Gasteiger partial charge in [0.2, 0.25) is 5.76 Å². The Hall–Kier alpha value is -1.73. The van der Waals surface area contributed by atoms with E-state index in [-0.39, 0.29) is 12.5 Å². The maximum absolute atomic E-state index is 10.9. The molecule has 3 rings (SSSR count). The van der Waals surface area contributed by atoms with Gasteiger partial charge in [0.05, 0.1) is 18.4 Å². The third-order valence-electron chi connectivity index (χ3n) is 3.45. The average molecular weight is 308 g/mol. The van der Waals surface area contributed by atoms with Gasteiger partial charge in [-0.25, -0.2) is 0 Å². The van der Waals surface area contributed by atoms with Gasteiger partial charge in [-0.05, 0) is 12.1 Å². The van der Waals surface area contributed by atoms with Crippen LogP contribution < -0.4 is 0 Å². The van der Waals surface area contributed by atoms with Crippen molar-refractivity contribution in [3.05, 3.63) is 30.2 Å². The highest BCUT2D eigenvalue weighted by Crippen LogP contribution is 2.24. The van der Waals surface area contributed by atoms with Crippen molar-refractivity contribution in [3.8, 4) is 11.5 Å². The number of rotatable bonds is 5. The largest absolute Gasteiger partial charge is 0.481 e. The van der Waals surface area contributed by atoms with E-state index in [1.165, 1.54) is 0 Å². The average Bonchev–Trinajstić information content (AvgIpc) is 3.11. The molecule has 0 spiro atoms. The van der Waals surface area contributed by atoms with Gasteiger partial charge >= 0.3 is 5.97 Å². The normalized spacial score (nSPS) is 19.7. The molecule has 1 aliphatic rings. The van der Waals surface area contributed by atoms with Gasteiger partial charge in [-0.2, -0.15) is 11.8 Å². The molecule has 7 heteroatoms. The number of aliphatic carboxylic acids is 1. The third-order valence-corrected chi connectivity index (χ3v) is 4.54. The van der Waals surface area contributed by atoms with Gasteiger partial charge in [-0.3, -0.25) is 9.69 Å². The second kappa shape index (κ2) is 6.36. The lowest BCUT2D eigenvalue weighted by atomic mass is 10.2. The predicted molar refractivity (Wildman–Crippen MR) is 78.0 cm³/mol. The quantitative estimate of drug-likeness (QED) is 0.908. The molecule has 112 valence electrons. The number of thioether (sulfide) groups is 1. The van der Waals surface area contributed by atoms with Gasteiger partial charge in [-0.15, -0.1) is 0 Å². The number of nitrogens with zero attached hydrogens (tertiary/aromatic N) is 2. The Bertz CT molecular complexity index is 596. The molecular weight excluding hydrogens is 292 g/mol. The summed E-state index contributed by atoms with van der Waals surface area (Å²) in [5, 5.41) is 13.0. The highest BCUT2D eigenvalue weighted by molar-refractivity contribution is 7.99. The summed E-state index contributed by atoms with van der Waals surface area (Å²) in [4.78, 5) is 13.1. The van der Waals surface area contributed by atoms with Crippen molar-refractivity contribution in [2.24, 2.45) is 0 Å². The molecule has 1 atom stereocenters. The fourth-order valence-electron chi connectivity index (χ4n) is 2.42. The zero-order valence-electron chi connectivity index (χ0n) is 11.4. The molecule has 1 saturated heterocycles. The zero-order valence-corrected chi connectivity index (χ0v) is 12.2. The second-order valence-electron chi connectivity index (χ2n) is 4.96. The molecule has 6 nitrogen and oxygen atoms in total. The van der Waals surface area contributed by atoms with E-state index in [2.05, 4.69) is 10.1 Å². The molecule has 0 aromatic carbocycles. The smallest absolute Gasteiger partial charge is 0.304 e. The van der Waals surface area contributed by atoms with E-state index in [0.717, 1.165) is 23.7 Å². The van der Waals surface area contributed by atoms with E-state index in [4.69, 9.17) is 14.0 Å². The lowest BCUT2D eigenvalue weighted by Gasteiger charge is -2.33. The van der Waals surface area contributed by atoms with Crippen LogP contribution in [0.25, 0.3) is 11.5 Å². The van der Waals surface area contributed by atoms with Crippen LogP contribution in [-0.4, -0.2) is 45.2 Å². The summed E-state index contributed by atoms with van der Waals surface area (Å²) in [6.07, 6.45) is 1.75. The summed E-state index contributed by atoms with van der Waals surface area (Å²) in [5.41, 5.74) is 0.795. The highest BCUT2D eigenvalue weighted by Gasteiger charge is 2.26. The minimum absolute atomic E-state index is 0.0463. The van der Waals surface area contributed by atoms with E-state index in [1.807, 2.05) is 12.1 Å². The van der Waals surface area contributed by atoms with E-state index >= 15 is 0 Å². The number of carboxylic acids is 1. The van der Waals surface area contributed by atoms with Crippen LogP contribution >= 0.6 is 11.8 Å². The van der Waals surface area contributed by atoms with Crippen molar-refractivity contribution >= 4 is 17.7 Å². The van der Waals surface area contributed by atoms with Gasteiger partial charge in [0, 0.05) is 36.7 Å². The molecule has 0 saturated carbocycles. The SMILES string of the molecule is O=C(O)CC1CSCCN1Cc1cc(-c2ccco2)on1. The van der Waals surface area contributed by atoms with Gasteiger partial charge in [0.15, 0.2) is 5.76 Å². The summed E-state index contributed by atoms with van der Waals surface area (Å²) in [6.45, 7) is 1.47. The second-order valence-corrected chi connectivity index (χ2v) is 6.11. The van der Waals surface area contributed by atoms with Gasteiger partial charge < -0.3 is 14.0 Å². The van der Waals surface area contributed by atoms with Crippen LogP contribution in [0.15, 0.2) is 33.4 Å². The number of furan rings is 1. The topological polar surface area (TPSA) is 79.7 Å². The van der Waals surface area contributed by atoms with E-state index in [1.54, 1.807) is 24.1 Å². The van der Waals surface area contributed by atoms with Crippen molar-refractivity contribution in [1.82, 2.24) is 10.1 Å². The first-order valence-corrected chi connectivity index (χ1v) is 7.91. The van der Waals surface area contributed by atoms with Crippen molar-refractivity contribution in [2.45, 2.75) is 19.0 Å². The summed E-state index contributed by atoms with van der Waals surface area (Å²) in [5.74, 6) is 2.33. The molecule has 0 amide bonds. The minimum Gasteiger partial charge on any atom is -0.481 e. The molecule has 21 heavy (non-hydrogen) atoms. The monoisotopic (exact) mass is 308 g/mol. The summed E-state index contributed by atoms with van der Waals surface area (Å²) >= 11 is 1.80. The maximum atomic E-state index is 10.9. The molecule has 1 aliphatic heterocycles. The predicted octanol–water partition coefficient (Wildman–Crippen LogP) is 2.33. The van der Waals surface area contributed by atoms with Crippen LogP contribution in [0.2, 0.25) is 0 Å². The number of hydrogen-bond acceptors (Lipinski definition) is 6. The van der Waals surface area contributed by atoms with Crippen molar-refractivity contribution < 1.29 is 18.8 Å². The van der Waals surface area contributed by atoms with E-state index in [9.17, 15) is 4.79 Å². The Morgan fingerprint density at radius 1 is 1.52 bits per heavy atom. The van der Waals surface area contributed by atoms with Crippen molar-refractivity contribution in [2.75, 3.05) is 18.1 Å². The first-order valence-electron chi connectivity index (χ1n) is 6.75. The van der Waals surface area contributed by atoms with Crippen LogP contribution in [-0.2, 0) is 11.3 Å². The van der Waals surface area contributed by atoms with Crippen molar-refractivity contribution in [1.29, 1.82) is 0 Å². The van der Waals surface area contributed by atoms with Gasteiger partial charge in [0.25, 0.3) is 0 Å². The third kappa shape index (κ3) is 3.48. The Morgan fingerprint density at radius 3 is 3.19 bits per heavy atom. The van der Waals surface area contributed by atoms with Crippen molar-refractivity contribution in [3.63, 3.8) is 0 Å². The van der Waals surface area contributed by atoms with Crippen LogP contribution in [0, 0.1) is 0 Å². The van der Waals surface area contributed by atoms with Gasteiger partial charge in [-0.1, -0.05) is 5.16 Å². The first kappa shape index (κ1) is 14.2. The number of hydrogen-bond donors (Lipinski definition) is 1. The molecule has 3 heterocycles.